The summed E-state index contributed by atoms with van der Waals surface area (Å²) in [6.45, 7) is 17.3. The molecule has 1 aromatic rings. The first kappa shape index (κ1) is 46.5. The van der Waals surface area contributed by atoms with E-state index in [9.17, 15) is 41.1 Å². The number of unbranched alkanes of at least 4 members (excludes halogenated alkanes) is 1. The van der Waals surface area contributed by atoms with Gasteiger partial charge in [0.1, 0.15) is 18.2 Å². The molecular formula is C45H65F3N2O9S. The molecule has 0 amide bonds. The van der Waals surface area contributed by atoms with Gasteiger partial charge in [0, 0.05) is 24.3 Å². The van der Waals surface area contributed by atoms with Gasteiger partial charge >= 0.3 is 24.1 Å². The molecular weight excluding hydrogens is 802 g/mol. The lowest BCUT2D eigenvalue weighted by atomic mass is 9.34. The number of sulfonamides is 1. The summed E-state index contributed by atoms with van der Waals surface area (Å²) in [6.07, 6.45) is 1.29. The van der Waals surface area contributed by atoms with Crippen molar-refractivity contribution in [1.82, 2.24) is 4.72 Å². The topological polar surface area (TPSA) is 171 Å². The number of carboxylic acids is 1. The Morgan fingerprint density at radius 1 is 0.983 bits per heavy atom. The molecule has 1 aromatic carbocycles. The highest BCUT2D eigenvalue weighted by Gasteiger charge is 2.72. The fraction of sp³-hybridized carbons (Fsp3) is 0.756. The van der Waals surface area contributed by atoms with E-state index in [2.05, 4.69) is 52.3 Å². The van der Waals surface area contributed by atoms with Gasteiger partial charge in [-0.15, -0.1) is 0 Å². The molecule has 12 atom stereocenters. The molecule has 1 aliphatic heterocycles. The van der Waals surface area contributed by atoms with E-state index in [4.69, 9.17) is 19.9 Å². The highest BCUT2D eigenvalue weighted by atomic mass is 32.2. The minimum absolute atomic E-state index is 0.0240. The summed E-state index contributed by atoms with van der Waals surface area (Å²) in [5, 5.41) is 11.0. The van der Waals surface area contributed by atoms with Gasteiger partial charge in [-0.2, -0.15) is 13.2 Å². The normalized spacial score (nSPS) is 37.4. The summed E-state index contributed by atoms with van der Waals surface area (Å²) >= 11 is 0. The summed E-state index contributed by atoms with van der Waals surface area (Å²) < 4.78 is 85.3. The molecule has 60 heavy (non-hydrogen) atoms. The Labute approximate surface area is 353 Å². The van der Waals surface area contributed by atoms with Crippen molar-refractivity contribution in [2.45, 2.75) is 142 Å². The van der Waals surface area contributed by atoms with Crippen molar-refractivity contribution >= 4 is 27.9 Å². The molecule has 336 valence electrons. The number of ether oxygens (including phenoxy) is 3. The van der Waals surface area contributed by atoms with Gasteiger partial charge in [0.2, 0.25) is 10.0 Å². The van der Waals surface area contributed by atoms with Gasteiger partial charge in [-0.05, 0) is 116 Å². The molecule has 0 aromatic heterocycles. The van der Waals surface area contributed by atoms with Crippen molar-refractivity contribution in [1.29, 1.82) is 0 Å². The number of alkyl halides is 3. The number of aliphatic carboxylic acids is 1. The van der Waals surface area contributed by atoms with Crippen LogP contribution in [0.5, 0.6) is 0 Å². The molecule has 1 unspecified atom stereocenters. The first-order valence-electron chi connectivity index (χ1n) is 21.6. The largest absolute Gasteiger partial charge is 0.481 e. The zero-order chi connectivity index (χ0) is 44.4. The number of benzene rings is 1. The number of fused-ring (bicyclic) bond motifs is 3. The van der Waals surface area contributed by atoms with Gasteiger partial charge in [0.05, 0.1) is 29.6 Å². The molecule has 4 N–H and O–H groups in total. The minimum atomic E-state index is -4.59. The maximum atomic E-state index is 13.7. The number of halogens is 3. The number of hydrogen-bond acceptors (Lipinski definition) is 9. The smallest absolute Gasteiger partial charge is 0.416 e. The van der Waals surface area contributed by atoms with Crippen LogP contribution < -0.4 is 10.5 Å². The Morgan fingerprint density at radius 2 is 1.65 bits per heavy atom. The van der Waals surface area contributed by atoms with E-state index in [0.29, 0.717) is 50.3 Å². The van der Waals surface area contributed by atoms with Crippen LogP contribution in [0.3, 0.4) is 0 Å². The third-order valence-electron chi connectivity index (χ3n) is 16.7. The van der Waals surface area contributed by atoms with E-state index in [1.54, 1.807) is 0 Å². The Morgan fingerprint density at radius 3 is 2.25 bits per heavy atom. The van der Waals surface area contributed by atoms with Crippen LogP contribution in [0.1, 0.15) is 119 Å². The van der Waals surface area contributed by atoms with Crippen LogP contribution in [0.4, 0.5) is 13.2 Å². The summed E-state index contributed by atoms with van der Waals surface area (Å²) in [7, 11) is -4.06. The predicted molar refractivity (Wildman–Crippen MR) is 217 cm³/mol. The highest BCUT2D eigenvalue weighted by molar-refractivity contribution is 7.89. The van der Waals surface area contributed by atoms with E-state index >= 15 is 0 Å². The van der Waals surface area contributed by atoms with E-state index in [-0.39, 0.29) is 53.1 Å². The number of carbonyl (C=O) groups excluding carboxylic acids is 2. The highest BCUT2D eigenvalue weighted by Crippen LogP contribution is 2.75. The summed E-state index contributed by atoms with van der Waals surface area (Å²) in [5.41, 5.74) is 4.24. The van der Waals surface area contributed by atoms with Gasteiger partial charge in [0.25, 0.3) is 0 Å². The van der Waals surface area contributed by atoms with Crippen molar-refractivity contribution in [3.8, 4) is 0 Å². The first-order chi connectivity index (χ1) is 27.8. The molecule has 1 heterocycles. The van der Waals surface area contributed by atoms with Crippen molar-refractivity contribution in [2.24, 2.45) is 62.4 Å². The zero-order valence-electron chi connectivity index (χ0n) is 36.3. The Bertz CT molecular complexity index is 1960. The predicted octanol–water partition coefficient (Wildman–Crippen LogP) is 7.91. The number of rotatable bonds is 13. The quantitative estimate of drug-likeness (QED) is 0.101. The van der Waals surface area contributed by atoms with Crippen LogP contribution in [0.15, 0.2) is 40.8 Å². The fourth-order valence-electron chi connectivity index (χ4n) is 13.0. The SMILES string of the molecule is CC(=O)O[C@@H]1C[C@]23COC[C@](C)([C@@H]2CC[C@H]2C3=CC[C@@]3(C)[C@H](C(=O)O)[C@@](C)([C@H](C)C(C)C)CC[C@]23C)[C@H]1OC(=O)C(N)CCCCNS(=O)(=O)c1ccc(C(F)(F)F)cc1. The molecule has 2 bridgehead atoms. The van der Waals surface area contributed by atoms with Gasteiger partial charge in [-0.3, -0.25) is 14.4 Å². The average molecular weight is 867 g/mol. The number of esters is 2. The molecule has 15 heteroatoms. The van der Waals surface area contributed by atoms with E-state index in [1.165, 1.54) is 12.5 Å². The molecule has 0 radical (unpaired) electrons. The van der Waals surface area contributed by atoms with Crippen LogP contribution in [-0.4, -0.2) is 69.4 Å². The average Bonchev–Trinajstić information content (AvgIpc) is 3.15. The molecule has 6 rings (SSSR count). The number of nitrogens with one attached hydrogen (secondary N) is 1. The summed E-state index contributed by atoms with van der Waals surface area (Å²) in [4.78, 5) is 39.6. The van der Waals surface area contributed by atoms with Crippen LogP contribution in [-0.2, 0) is 44.8 Å². The van der Waals surface area contributed by atoms with E-state index < -0.39 is 80.1 Å². The fourth-order valence-corrected chi connectivity index (χ4v) is 14.1. The number of carboxylic acid groups (broad SMARTS) is 1. The van der Waals surface area contributed by atoms with Crippen LogP contribution in [0.25, 0.3) is 0 Å². The lowest BCUT2D eigenvalue weighted by Crippen LogP contribution is -2.70. The third kappa shape index (κ3) is 7.73. The van der Waals surface area contributed by atoms with Crippen molar-refractivity contribution in [3.63, 3.8) is 0 Å². The van der Waals surface area contributed by atoms with Crippen LogP contribution >= 0.6 is 0 Å². The van der Waals surface area contributed by atoms with Gasteiger partial charge < -0.3 is 25.1 Å². The molecule has 3 saturated carbocycles. The second-order valence-electron chi connectivity index (χ2n) is 20.1. The molecule has 1 saturated heterocycles. The monoisotopic (exact) mass is 866 g/mol. The van der Waals surface area contributed by atoms with Crippen molar-refractivity contribution < 1.29 is 55.3 Å². The van der Waals surface area contributed by atoms with Gasteiger partial charge in [0.15, 0.2) is 0 Å². The molecule has 11 nitrogen and oxygen atoms in total. The second kappa shape index (κ2) is 16.3. The van der Waals surface area contributed by atoms with Crippen LogP contribution in [0, 0.1) is 56.7 Å². The van der Waals surface area contributed by atoms with Crippen molar-refractivity contribution in [3.05, 3.63) is 41.5 Å². The van der Waals surface area contributed by atoms with E-state index in [1.807, 2.05) is 6.92 Å². The number of allylic oxidation sites excluding steroid dienone is 1. The molecule has 4 aliphatic carbocycles. The standard InChI is InChI=1S/C45H65F3N2O9S/c1-26(2)27(3)40(5)20-21-42(7)31-16-17-35-41(6)24-57-25-44(35,32(31)18-19-43(42,8)36(40)38(52)53)23-34(58-28(4)51)37(41)59-39(54)33(49)11-9-10-22-50-60(55,56)30-14-12-29(13-15-30)45(46,47)48/h12-15,18,26-27,31,33-37,50H,9-11,16-17,19-25,49H2,1-8H3,(H,52,53)/t27-,31+,33?,34-,35+,36-,37+,40-,41-,42-,43+,44-/m1/s1. The molecule has 0 spiro atoms. The van der Waals surface area contributed by atoms with Gasteiger partial charge in [-0.25, -0.2) is 13.1 Å². The Hall–Kier alpha value is -3.01. The van der Waals surface area contributed by atoms with E-state index in [0.717, 1.165) is 37.8 Å². The second-order valence-corrected chi connectivity index (χ2v) is 21.8. The number of carbonyl (C=O) groups is 3. The maximum absolute atomic E-state index is 13.7. The summed E-state index contributed by atoms with van der Waals surface area (Å²) in [5.74, 6) is -1.76. The molecule has 5 aliphatic rings. The third-order valence-corrected chi connectivity index (χ3v) is 18.1. The summed E-state index contributed by atoms with van der Waals surface area (Å²) in [6, 6.07) is 2.17. The Balaban J connectivity index is 1.17. The zero-order valence-corrected chi connectivity index (χ0v) is 37.1. The van der Waals surface area contributed by atoms with Gasteiger partial charge in [-0.1, -0.05) is 66.5 Å². The number of hydrogen-bond donors (Lipinski definition) is 3. The first-order valence-corrected chi connectivity index (χ1v) is 23.1. The lowest BCUT2D eigenvalue weighted by Gasteiger charge is -2.71. The lowest BCUT2D eigenvalue weighted by molar-refractivity contribution is -0.263. The maximum Gasteiger partial charge on any atom is 0.416 e. The molecule has 4 fully saturated rings. The van der Waals surface area contributed by atoms with Crippen molar-refractivity contribution in [2.75, 3.05) is 19.8 Å². The Kier molecular flexibility index (Phi) is 12.6. The number of nitrogens with two attached hydrogens (primary N) is 1. The van der Waals surface area contributed by atoms with Crippen LogP contribution in [0.2, 0.25) is 0 Å². The minimum Gasteiger partial charge on any atom is -0.481 e.